The largest absolute Gasteiger partial charge is 0.465 e. The summed E-state index contributed by atoms with van der Waals surface area (Å²) in [4.78, 5) is 29.3. The van der Waals surface area contributed by atoms with Gasteiger partial charge in [-0.05, 0) is 31.0 Å². The van der Waals surface area contributed by atoms with Crippen molar-refractivity contribution in [3.63, 3.8) is 0 Å². The number of halogens is 1. The van der Waals surface area contributed by atoms with E-state index in [1.165, 1.54) is 27.6 Å². The van der Waals surface area contributed by atoms with E-state index >= 15 is 0 Å². The molecule has 1 aliphatic heterocycles. The fourth-order valence-corrected chi connectivity index (χ4v) is 3.28. The third-order valence-electron chi connectivity index (χ3n) is 4.58. The lowest BCUT2D eigenvalue weighted by molar-refractivity contribution is 0.131. The molecule has 1 aliphatic rings. The smallest absolute Gasteiger partial charge is 0.407 e. The number of amides is 1. The number of hydrogen-bond acceptors (Lipinski definition) is 3. The van der Waals surface area contributed by atoms with Gasteiger partial charge >= 0.3 is 6.09 Å². The molecule has 0 radical (unpaired) electrons. The SMILES string of the molecule is O=C(O)N1CCC(c2cc(=O)n3[nH]c4ccc(F)cc4c3n2)CC1. The second-order valence-electron chi connectivity index (χ2n) is 6.02. The summed E-state index contributed by atoms with van der Waals surface area (Å²) in [5.74, 6) is -0.366. The Morgan fingerprint density at radius 3 is 2.75 bits per heavy atom. The number of nitrogens with one attached hydrogen (secondary N) is 1. The maximum Gasteiger partial charge on any atom is 0.407 e. The molecule has 1 aromatic carbocycles. The first-order valence-corrected chi connectivity index (χ1v) is 7.72. The average Bonchev–Trinajstić information content (AvgIpc) is 2.93. The van der Waals surface area contributed by atoms with Gasteiger partial charge in [-0.25, -0.2) is 18.7 Å². The van der Waals surface area contributed by atoms with E-state index in [1.807, 2.05) is 0 Å². The average molecular weight is 330 g/mol. The lowest BCUT2D eigenvalue weighted by Crippen LogP contribution is -2.37. The zero-order valence-corrected chi connectivity index (χ0v) is 12.7. The molecule has 0 aliphatic carbocycles. The number of benzene rings is 1. The van der Waals surface area contributed by atoms with Gasteiger partial charge in [0, 0.05) is 30.5 Å². The highest BCUT2D eigenvalue weighted by atomic mass is 19.1. The van der Waals surface area contributed by atoms with Gasteiger partial charge < -0.3 is 10.0 Å². The Kier molecular flexibility index (Phi) is 3.26. The van der Waals surface area contributed by atoms with Crippen molar-refractivity contribution in [1.82, 2.24) is 19.5 Å². The molecule has 124 valence electrons. The Hall–Kier alpha value is -2.90. The maximum atomic E-state index is 13.5. The highest BCUT2D eigenvalue weighted by molar-refractivity contribution is 5.91. The van der Waals surface area contributed by atoms with Crippen LogP contribution in [0, 0.1) is 5.82 Å². The van der Waals surface area contributed by atoms with Crippen LogP contribution in [0.5, 0.6) is 0 Å². The molecule has 7 nitrogen and oxygen atoms in total. The monoisotopic (exact) mass is 330 g/mol. The van der Waals surface area contributed by atoms with Gasteiger partial charge in [0.05, 0.1) is 11.2 Å². The summed E-state index contributed by atoms with van der Waals surface area (Å²) in [6, 6.07) is 5.72. The zero-order chi connectivity index (χ0) is 16.8. The van der Waals surface area contributed by atoms with Gasteiger partial charge in [0.25, 0.3) is 5.56 Å². The predicted molar refractivity (Wildman–Crippen MR) is 84.8 cm³/mol. The summed E-state index contributed by atoms with van der Waals surface area (Å²) in [7, 11) is 0. The molecule has 2 N–H and O–H groups in total. The Labute approximate surface area is 135 Å². The molecule has 1 saturated heterocycles. The van der Waals surface area contributed by atoms with E-state index in [0.717, 1.165) is 0 Å². The second-order valence-corrected chi connectivity index (χ2v) is 6.02. The third-order valence-corrected chi connectivity index (χ3v) is 4.58. The number of rotatable bonds is 1. The van der Waals surface area contributed by atoms with E-state index in [-0.39, 0.29) is 11.5 Å². The molecule has 2 aromatic heterocycles. The third kappa shape index (κ3) is 2.31. The molecule has 3 aromatic rings. The number of aromatic amines is 1. The number of piperidine rings is 1. The standard InChI is InChI=1S/C16H15FN4O3/c17-10-1-2-12-11(7-10)15-18-13(8-14(22)21(15)19-12)9-3-5-20(6-4-9)16(23)24/h1-2,7-9,19H,3-6H2,(H,23,24). The number of fused-ring (bicyclic) bond motifs is 3. The Morgan fingerprint density at radius 1 is 1.29 bits per heavy atom. The summed E-state index contributed by atoms with van der Waals surface area (Å²) in [6.45, 7) is 0.840. The molecule has 0 atom stereocenters. The molecule has 0 bridgehead atoms. The van der Waals surface area contributed by atoms with Crippen LogP contribution in [0.2, 0.25) is 0 Å². The number of carbonyl (C=O) groups is 1. The van der Waals surface area contributed by atoms with Crippen molar-refractivity contribution >= 4 is 22.6 Å². The fourth-order valence-electron chi connectivity index (χ4n) is 3.28. The van der Waals surface area contributed by atoms with Crippen molar-refractivity contribution in [3.8, 4) is 0 Å². The predicted octanol–water partition coefficient (Wildman–Crippen LogP) is 2.17. The molecule has 24 heavy (non-hydrogen) atoms. The van der Waals surface area contributed by atoms with Gasteiger partial charge in [0.15, 0.2) is 5.65 Å². The summed E-state index contributed by atoms with van der Waals surface area (Å²) >= 11 is 0. The lowest BCUT2D eigenvalue weighted by Gasteiger charge is -2.29. The van der Waals surface area contributed by atoms with Crippen LogP contribution >= 0.6 is 0 Å². The van der Waals surface area contributed by atoms with Gasteiger partial charge in [-0.1, -0.05) is 0 Å². The lowest BCUT2D eigenvalue weighted by atomic mass is 9.93. The summed E-state index contributed by atoms with van der Waals surface area (Å²) in [6.07, 6.45) is 0.307. The van der Waals surface area contributed by atoms with Crippen LogP contribution in [-0.4, -0.2) is 43.8 Å². The number of H-pyrrole nitrogens is 1. The second kappa shape index (κ2) is 5.33. The molecule has 8 heteroatoms. The maximum absolute atomic E-state index is 13.5. The first kappa shape index (κ1) is 14.7. The molecule has 4 rings (SSSR count). The van der Waals surface area contributed by atoms with Crippen LogP contribution in [0.15, 0.2) is 29.1 Å². The van der Waals surface area contributed by atoms with E-state index in [1.54, 1.807) is 6.07 Å². The minimum absolute atomic E-state index is 0.0248. The Bertz CT molecular complexity index is 1000. The van der Waals surface area contributed by atoms with Gasteiger partial charge in [0.2, 0.25) is 0 Å². The highest BCUT2D eigenvalue weighted by Gasteiger charge is 2.25. The van der Waals surface area contributed by atoms with Crippen LogP contribution in [0.25, 0.3) is 16.6 Å². The molecule has 0 spiro atoms. The van der Waals surface area contributed by atoms with Crippen molar-refractivity contribution in [2.45, 2.75) is 18.8 Å². The number of hydrogen-bond donors (Lipinski definition) is 2. The van der Waals surface area contributed by atoms with E-state index < -0.39 is 11.9 Å². The molecule has 0 saturated carbocycles. The van der Waals surface area contributed by atoms with Crippen molar-refractivity contribution in [1.29, 1.82) is 0 Å². The molecular weight excluding hydrogens is 315 g/mol. The molecule has 3 heterocycles. The number of aromatic nitrogens is 3. The molecular formula is C16H15FN4O3. The van der Waals surface area contributed by atoms with Gasteiger partial charge in [-0.2, -0.15) is 0 Å². The number of nitrogens with zero attached hydrogens (tertiary/aromatic N) is 3. The number of likely N-dealkylation sites (tertiary alicyclic amines) is 1. The fraction of sp³-hybridized carbons (Fsp3) is 0.312. The topological polar surface area (TPSA) is 90.7 Å². The Morgan fingerprint density at radius 2 is 2.04 bits per heavy atom. The van der Waals surface area contributed by atoms with Crippen molar-refractivity contribution < 1.29 is 14.3 Å². The minimum atomic E-state index is -0.927. The molecule has 0 unspecified atom stereocenters. The summed E-state index contributed by atoms with van der Waals surface area (Å²) in [5, 5.41) is 12.5. The first-order valence-electron chi connectivity index (χ1n) is 7.72. The van der Waals surface area contributed by atoms with Gasteiger partial charge in [-0.3, -0.25) is 9.89 Å². The molecule has 1 amide bonds. The van der Waals surface area contributed by atoms with Crippen LogP contribution in [0.1, 0.15) is 24.5 Å². The van der Waals surface area contributed by atoms with Crippen molar-refractivity contribution in [3.05, 3.63) is 46.1 Å². The van der Waals surface area contributed by atoms with Crippen LogP contribution < -0.4 is 5.56 Å². The minimum Gasteiger partial charge on any atom is -0.465 e. The molecule has 1 fully saturated rings. The van der Waals surface area contributed by atoms with E-state index in [2.05, 4.69) is 10.1 Å². The quantitative estimate of drug-likeness (QED) is 0.715. The van der Waals surface area contributed by atoms with Crippen LogP contribution in [0.3, 0.4) is 0 Å². The summed E-state index contributed by atoms with van der Waals surface area (Å²) < 4.78 is 14.8. The Balaban J connectivity index is 1.77. The van der Waals surface area contributed by atoms with E-state index in [4.69, 9.17) is 5.11 Å². The van der Waals surface area contributed by atoms with E-state index in [0.29, 0.717) is 48.2 Å². The first-order chi connectivity index (χ1) is 11.5. The zero-order valence-electron chi connectivity index (χ0n) is 12.7. The summed E-state index contributed by atoms with van der Waals surface area (Å²) in [5.41, 5.74) is 1.41. The van der Waals surface area contributed by atoms with E-state index in [9.17, 15) is 14.0 Å². The van der Waals surface area contributed by atoms with Crippen molar-refractivity contribution in [2.24, 2.45) is 0 Å². The van der Waals surface area contributed by atoms with Crippen LogP contribution in [0.4, 0.5) is 9.18 Å². The normalized spacial score (nSPS) is 16.1. The van der Waals surface area contributed by atoms with Crippen LogP contribution in [-0.2, 0) is 0 Å². The van der Waals surface area contributed by atoms with Gasteiger partial charge in [-0.15, -0.1) is 0 Å². The highest BCUT2D eigenvalue weighted by Crippen LogP contribution is 2.27. The van der Waals surface area contributed by atoms with Gasteiger partial charge in [0.1, 0.15) is 5.82 Å². The van der Waals surface area contributed by atoms with Crippen molar-refractivity contribution in [2.75, 3.05) is 13.1 Å². The number of carboxylic acid groups (broad SMARTS) is 1.